The summed E-state index contributed by atoms with van der Waals surface area (Å²) in [4.78, 5) is 28.4. The molecule has 2 N–H and O–H groups in total. The molecule has 0 aliphatic heterocycles. The van der Waals surface area contributed by atoms with Gasteiger partial charge in [0.05, 0.1) is 0 Å². The summed E-state index contributed by atoms with van der Waals surface area (Å²) in [5.74, 6) is -1.55. The summed E-state index contributed by atoms with van der Waals surface area (Å²) in [5.41, 5.74) is 0.331. The van der Waals surface area contributed by atoms with Crippen LogP contribution in [0.25, 0.3) is 5.69 Å². The summed E-state index contributed by atoms with van der Waals surface area (Å²) < 4.78 is 28.4. The van der Waals surface area contributed by atoms with Crippen molar-refractivity contribution in [2.75, 3.05) is 5.32 Å². The van der Waals surface area contributed by atoms with E-state index in [-0.39, 0.29) is 23.6 Å². The van der Waals surface area contributed by atoms with Gasteiger partial charge in [-0.05, 0) is 49.9 Å². The molecule has 7 nitrogen and oxygen atoms in total. The monoisotopic (exact) mass is 425 g/mol. The highest BCUT2D eigenvalue weighted by atomic mass is 19.1. The van der Waals surface area contributed by atoms with Gasteiger partial charge in [-0.3, -0.25) is 9.59 Å². The van der Waals surface area contributed by atoms with Crippen molar-refractivity contribution in [3.05, 3.63) is 72.2 Å². The molecule has 2 heterocycles. The molecule has 1 saturated carbocycles. The van der Waals surface area contributed by atoms with Crippen molar-refractivity contribution >= 4 is 17.6 Å². The predicted octanol–water partition coefficient (Wildman–Crippen LogP) is 3.47. The van der Waals surface area contributed by atoms with Crippen molar-refractivity contribution in [1.82, 2.24) is 20.1 Å². The number of nitrogens with one attached hydrogen (secondary N) is 2. The molecule has 0 unspecified atom stereocenters. The first-order chi connectivity index (χ1) is 15.0. The third-order valence-electron chi connectivity index (χ3n) is 5.32. The normalized spacial score (nSPS) is 18.4. The number of hydrogen-bond acceptors (Lipinski definition) is 4. The van der Waals surface area contributed by atoms with Crippen LogP contribution in [-0.2, 0) is 4.79 Å². The van der Waals surface area contributed by atoms with E-state index in [4.69, 9.17) is 0 Å². The number of hydrogen-bond donors (Lipinski definition) is 2. The van der Waals surface area contributed by atoms with Crippen LogP contribution in [0.15, 0.2) is 54.7 Å². The molecule has 0 saturated heterocycles. The summed E-state index contributed by atoms with van der Waals surface area (Å²) >= 11 is 0. The number of anilines is 1. The van der Waals surface area contributed by atoms with Gasteiger partial charge in [0.1, 0.15) is 17.2 Å². The molecule has 1 aliphatic rings. The molecule has 0 radical (unpaired) electrons. The van der Waals surface area contributed by atoms with Gasteiger partial charge >= 0.3 is 0 Å². The lowest BCUT2D eigenvalue weighted by Gasteiger charge is -2.28. The van der Waals surface area contributed by atoms with Crippen LogP contribution in [-0.4, -0.2) is 32.6 Å². The van der Waals surface area contributed by atoms with Crippen LogP contribution in [0.4, 0.5) is 14.6 Å². The maximum atomic E-state index is 13.9. The molecule has 1 fully saturated rings. The van der Waals surface area contributed by atoms with Gasteiger partial charge in [-0.15, -0.1) is 5.10 Å². The second-order valence-corrected chi connectivity index (χ2v) is 7.45. The van der Waals surface area contributed by atoms with E-state index in [1.807, 2.05) is 0 Å². The zero-order valence-corrected chi connectivity index (χ0v) is 16.6. The Kier molecular flexibility index (Phi) is 6.01. The van der Waals surface area contributed by atoms with Crippen molar-refractivity contribution in [2.24, 2.45) is 5.92 Å². The van der Waals surface area contributed by atoms with Crippen molar-refractivity contribution in [3.63, 3.8) is 0 Å². The van der Waals surface area contributed by atoms with Crippen molar-refractivity contribution in [1.29, 1.82) is 0 Å². The van der Waals surface area contributed by atoms with Crippen LogP contribution < -0.4 is 10.6 Å². The number of amides is 2. The van der Waals surface area contributed by atoms with Gasteiger partial charge < -0.3 is 10.6 Å². The average Bonchev–Trinajstić information content (AvgIpc) is 3.22. The molecule has 1 aromatic carbocycles. The standard InChI is InChI=1S/C22H21F2N5O2/c23-16-4-1-2-6-18(16)29-13-12-20(28-29)27-21(30)14-8-10-15(11-9-14)25-22(31)17-5-3-7-19(24)26-17/h1-7,12-15H,8-11H2,(H,25,31)(H,27,28,30)/t14-,15+. The minimum absolute atomic E-state index is 0.0327. The molecule has 2 aromatic heterocycles. The van der Waals surface area contributed by atoms with Crippen LogP contribution in [0.2, 0.25) is 0 Å². The number of benzene rings is 1. The Labute approximate surface area is 177 Å². The number of carbonyl (C=O) groups is 2. The number of carbonyl (C=O) groups excluding carboxylic acids is 2. The van der Waals surface area contributed by atoms with Crippen LogP contribution in [0.3, 0.4) is 0 Å². The highest BCUT2D eigenvalue weighted by Gasteiger charge is 2.28. The molecule has 2 amide bonds. The first kappa shape index (κ1) is 20.6. The number of nitrogens with zero attached hydrogens (tertiary/aromatic N) is 3. The Bertz CT molecular complexity index is 1090. The topological polar surface area (TPSA) is 88.9 Å². The number of aromatic nitrogens is 3. The van der Waals surface area contributed by atoms with Gasteiger partial charge in [-0.25, -0.2) is 14.1 Å². The zero-order chi connectivity index (χ0) is 21.8. The Hall–Kier alpha value is -3.62. The highest BCUT2D eigenvalue weighted by Crippen LogP contribution is 2.26. The van der Waals surface area contributed by atoms with E-state index >= 15 is 0 Å². The first-order valence-corrected chi connectivity index (χ1v) is 10.0. The minimum atomic E-state index is -0.703. The van der Waals surface area contributed by atoms with E-state index in [1.165, 1.54) is 28.9 Å². The molecule has 1 aliphatic carbocycles. The van der Waals surface area contributed by atoms with Crippen molar-refractivity contribution < 1.29 is 18.4 Å². The van der Waals surface area contributed by atoms with E-state index in [2.05, 4.69) is 20.7 Å². The molecule has 9 heteroatoms. The lowest BCUT2D eigenvalue weighted by molar-refractivity contribution is -0.120. The summed E-state index contributed by atoms with van der Waals surface area (Å²) in [5, 5.41) is 9.85. The fraction of sp³-hybridized carbons (Fsp3) is 0.273. The third kappa shape index (κ3) is 4.93. The number of rotatable bonds is 5. The fourth-order valence-corrected chi connectivity index (χ4v) is 3.68. The van der Waals surface area contributed by atoms with Gasteiger partial charge in [0, 0.05) is 24.2 Å². The van der Waals surface area contributed by atoms with Gasteiger partial charge in [-0.2, -0.15) is 4.39 Å². The second-order valence-electron chi connectivity index (χ2n) is 7.45. The van der Waals surface area contributed by atoms with E-state index in [0.717, 1.165) is 0 Å². The molecular formula is C22H21F2N5O2. The van der Waals surface area contributed by atoms with Gasteiger partial charge in [0.15, 0.2) is 5.82 Å². The fourth-order valence-electron chi connectivity index (χ4n) is 3.68. The predicted molar refractivity (Wildman–Crippen MR) is 110 cm³/mol. The van der Waals surface area contributed by atoms with Gasteiger partial charge in [-0.1, -0.05) is 18.2 Å². The Balaban J connectivity index is 1.29. The lowest BCUT2D eigenvalue weighted by Crippen LogP contribution is -2.40. The first-order valence-electron chi connectivity index (χ1n) is 10.0. The molecule has 0 bridgehead atoms. The maximum absolute atomic E-state index is 13.9. The summed E-state index contributed by atoms with van der Waals surface area (Å²) in [6, 6.07) is 11.8. The smallest absolute Gasteiger partial charge is 0.270 e. The van der Waals surface area contributed by atoms with E-state index < -0.39 is 17.7 Å². The third-order valence-corrected chi connectivity index (χ3v) is 5.32. The molecule has 0 atom stereocenters. The molecule has 3 aromatic rings. The number of para-hydroxylation sites is 1. The quantitative estimate of drug-likeness (QED) is 0.613. The maximum Gasteiger partial charge on any atom is 0.270 e. The minimum Gasteiger partial charge on any atom is -0.348 e. The molecule has 31 heavy (non-hydrogen) atoms. The van der Waals surface area contributed by atoms with Crippen LogP contribution in [0.5, 0.6) is 0 Å². The van der Waals surface area contributed by atoms with E-state index in [0.29, 0.717) is 37.2 Å². The second kappa shape index (κ2) is 9.03. The van der Waals surface area contributed by atoms with Crippen LogP contribution in [0, 0.1) is 17.7 Å². The average molecular weight is 425 g/mol. The summed E-state index contributed by atoms with van der Waals surface area (Å²) in [6.07, 6.45) is 4.04. The highest BCUT2D eigenvalue weighted by molar-refractivity contribution is 5.93. The van der Waals surface area contributed by atoms with Crippen LogP contribution >= 0.6 is 0 Å². The van der Waals surface area contributed by atoms with Crippen LogP contribution in [0.1, 0.15) is 36.2 Å². The Morgan fingerprint density at radius 2 is 1.74 bits per heavy atom. The zero-order valence-electron chi connectivity index (χ0n) is 16.6. The van der Waals surface area contributed by atoms with E-state index in [1.54, 1.807) is 30.5 Å². The van der Waals surface area contributed by atoms with Gasteiger partial charge in [0.25, 0.3) is 5.91 Å². The van der Waals surface area contributed by atoms with Crippen molar-refractivity contribution in [2.45, 2.75) is 31.7 Å². The summed E-state index contributed by atoms with van der Waals surface area (Å²) in [6.45, 7) is 0. The largest absolute Gasteiger partial charge is 0.348 e. The number of halogens is 2. The molecule has 160 valence electrons. The lowest BCUT2D eigenvalue weighted by atomic mass is 9.85. The van der Waals surface area contributed by atoms with Gasteiger partial charge in [0.2, 0.25) is 11.9 Å². The molecule has 0 spiro atoms. The van der Waals surface area contributed by atoms with Crippen molar-refractivity contribution in [3.8, 4) is 5.69 Å². The SMILES string of the molecule is O=C(N[C@H]1CC[C@@H](C(=O)Nc2ccn(-c3ccccc3F)n2)CC1)c1cccc(F)n1. The Morgan fingerprint density at radius 3 is 2.48 bits per heavy atom. The number of pyridine rings is 1. The van der Waals surface area contributed by atoms with E-state index in [9.17, 15) is 18.4 Å². The summed E-state index contributed by atoms with van der Waals surface area (Å²) in [7, 11) is 0. The Morgan fingerprint density at radius 1 is 0.968 bits per heavy atom. The molecular weight excluding hydrogens is 404 g/mol. The molecule has 4 rings (SSSR count).